The van der Waals surface area contributed by atoms with Crippen LogP contribution in [0.2, 0.25) is 0 Å². The molecule has 1 aromatic heterocycles. The van der Waals surface area contributed by atoms with Gasteiger partial charge in [-0.3, -0.25) is 4.99 Å². The molecule has 1 atom stereocenters. The molecule has 4 rings (SSSR count). The Balaban J connectivity index is 0.00000240. The van der Waals surface area contributed by atoms with Gasteiger partial charge in [0.25, 0.3) is 0 Å². The monoisotopic (exact) mass is 503 g/mol. The lowest BCUT2D eigenvalue weighted by molar-refractivity contribution is 0.262. The van der Waals surface area contributed by atoms with E-state index in [2.05, 4.69) is 50.2 Å². The van der Waals surface area contributed by atoms with Gasteiger partial charge in [0.1, 0.15) is 11.6 Å². The van der Waals surface area contributed by atoms with Crippen LogP contribution < -0.4 is 15.8 Å². The number of halogens is 1. The number of para-hydroxylation sites is 1. The molecule has 29 heavy (non-hydrogen) atoms. The van der Waals surface area contributed by atoms with Crippen LogP contribution in [-0.4, -0.2) is 28.7 Å². The van der Waals surface area contributed by atoms with Gasteiger partial charge in [0.05, 0.1) is 12.6 Å². The number of aliphatic imine (C=N–C) groups is 1. The van der Waals surface area contributed by atoms with Crippen LogP contribution in [0.15, 0.2) is 72.0 Å². The SMILES string of the molecule is I.NC(=NCCc1nccn1Cc1ccccc1)NC1CCOc2ccccc21. The summed E-state index contributed by atoms with van der Waals surface area (Å²) in [5.74, 6) is 2.39. The molecular weight excluding hydrogens is 477 g/mol. The average Bonchev–Trinajstić information content (AvgIpc) is 3.16. The first-order chi connectivity index (χ1) is 13.8. The highest BCUT2D eigenvalue weighted by Gasteiger charge is 2.21. The van der Waals surface area contributed by atoms with Gasteiger partial charge in [0, 0.05) is 43.9 Å². The molecular formula is C22H26IN5O. The molecule has 0 spiro atoms. The molecule has 0 radical (unpaired) electrons. The van der Waals surface area contributed by atoms with E-state index in [0.29, 0.717) is 19.1 Å². The minimum atomic E-state index is 0. The maximum absolute atomic E-state index is 6.13. The highest BCUT2D eigenvalue weighted by atomic mass is 127. The first-order valence-electron chi connectivity index (χ1n) is 9.62. The number of benzene rings is 2. The largest absolute Gasteiger partial charge is 0.493 e. The van der Waals surface area contributed by atoms with Crippen LogP contribution >= 0.6 is 24.0 Å². The number of nitrogens with one attached hydrogen (secondary N) is 1. The van der Waals surface area contributed by atoms with Gasteiger partial charge in [-0.25, -0.2) is 4.98 Å². The van der Waals surface area contributed by atoms with Crippen LogP contribution in [0.4, 0.5) is 0 Å². The van der Waals surface area contributed by atoms with Gasteiger partial charge >= 0.3 is 0 Å². The van der Waals surface area contributed by atoms with Crippen molar-refractivity contribution >= 4 is 29.9 Å². The summed E-state index contributed by atoms with van der Waals surface area (Å²) in [5.41, 5.74) is 8.52. The lowest BCUT2D eigenvalue weighted by Gasteiger charge is -2.26. The first kappa shape index (κ1) is 21.2. The summed E-state index contributed by atoms with van der Waals surface area (Å²) in [4.78, 5) is 8.97. The van der Waals surface area contributed by atoms with Crippen molar-refractivity contribution in [3.8, 4) is 5.75 Å². The van der Waals surface area contributed by atoms with Gasteiger partial charge < -0.3 is 20.4 Å². The first-order valence-corrected chi connectivity index (χ1v) is 9.62. The van der Waals surface area contributed by atoms with Gasteiger partial charge in [-0.15, -0.1) is 24.0 Å². The molecule has 2 aromatic carbocycles. The van der Waals surface area contributed by atoms with Crippen molar-refractivity contribution in [3.63, 3.8) is 0 Å². The van der Waals surface area contributed by atoms with Crippen LogP contribution in [0.25, 0.3) is 0 Å². The smallest absolute Gasteiger partial charge is 0.189 e. The number of guanidine groups is 1. The number of ether oxygens (including phenoxy) is 1. The lowest BCUT2D eigenvalue weighted by atomic mass is 10.0. The summed E-state index contributed by atoms with van der Waals surface area (Å²) in [5, 5.41) is 3.33. The van der Waals surface area contributed by atoms with E-state index in [9.17, 15) is 0 Å². The highest BCUT2D eigenvalue weighted by Crippen LogP contribution is 2.31. The van der Waals surface area contributed by atoms with Crippen LogP contribution in [0, 0.1) is 0 Å². The third-order valence-electron chi connectivity index (χ3n) is 4.90. The van der Waals surface area contributed by atoms with Crippen LogP contribution in [0.3, 0.4) is 0 Å². The summed E-state index contributed by atoms with van der Waals surface area (Å²) >= 11 is 0. The molecule has 2 heterocycles. The minimum Gasteiger partial charge on any atom is -0.493 e. The van der Waals surface area contributed by atoms with E-state index in [1.165, 1.54) is 5.56 Å². The van der Waals surface area contributed by atoms with Gasteiger partial charge in [-0.1, -0.05) is 48.5 Å². The van der Waals surface area contributed by atoms with Gasteiger partial charge in [-0.2, -0.15) is 0 Å². The van der Waals surface area contributed by atoms with Gasteiger partial charge in [0.2, 0.25) is 0 Å². The number of nitrogens with zero attached hydrogens (tertiary/aromatic N) is 3. The molecule has 7 heteroatoms. The molecule has 0 saturated carbocycles. The standard InChI is InChI=1S/C22H25N5O.HI/c23-22(26-19-11-15-28-20-9-5-4-8-18(19)20)25-12-10-21-24-13-14-27(21)16-17-6-2-1-3-7-17;/h1-9,13-14,19H,10-12,15-16H2,(H3,23,25,26);1H. The Morgan fingerprint density at radius 2 is 1.97 bits per heavy atom. The van der Waals surface area contributed by atoms with E-state index < -0.39 is 0 Å². The molecule has 6 nitrogen and oxygen atoms in total. The molecule has 0 fully saturated rings. The zero-order chi connectivity index (χ0) is 19.2. The Labute approximate surface area is 188 Å². The number of rotatable bonds is 6. The number of hydrogen-bond acceptors (Lipinski definition) is 3. The second-order valence-electron chi connectivity index (χ2n) is 6.85. The number of hydrogen-bond donors (Lipinski definition) is 2. The fourth-order valence-electron chi connectivity index (χ4n) is 3.48. The molecule has 1 aliphatic heterocycles. The summed E-state index contributed by atoms with van der Waals surface area (Å²) in [7, 11) is 0. The fraction of sp³-hybridized carbons (Fsp3) is 0.273. The average molecular weight is 503 g/mol. The molecule has 152 valence electrons. The predicted molar refractivity (Wildman–Crippen MR) is 126 cm³/mol. The second kappa shape index (κ2) is 10.3. The van der Waals surface area contributed by atoms with Gasteiger partial charge in [0.15, 0.2) is 5.96 Å². The predicted octanol–water partition coefficient (Wildman–Crippen LogP) is 3.52. The lowest BCUT2D eigenvalue weighted by Crippen LogP contribution is -2.37. The summed E-state index contributed by atoms with van der Waals surface area (Å²) in [6, 6.07) is 18.6. The molecule has 0 bridgehead atoms. The second-order valence-corrected chi connectivity index (χ2v) is 6.85. The van der Waals surface area contributed by atoms with E-state index in [4.69, 9.17) is 10.5 Å². The van der Waals surface area contributed by atoms with E-state index in [1.807, 2.05) is 36.7 Å². The quantitative estimate of drug-likeness (QED) is 0.307. The summed E-state index contributed by atoms with van der Waals surface area (Å²) in [6.45, 7) is 2.08. The normalized spacial score (nSPS) is 15.7. The van der Waals surface area contributed by atoms with Crippen molar-refractivity contribution in [1.29, 1.82) is 0 Å². The maximum Gasteiger partial charge on any atom is 0.189 e. The Kier molecular flexibility index (Phi) is 7.51. The van der Waals surface area contributed by atoms with Crippen molar-refractivity contribution in [3.05, 3.63) is 83.9 Å². The van der Waals surface area contributed by atoms with Crippen molar-refractivity contribution < 1.29 is 4.74 Å². The van der Waals surface area contributed by atoms with E-state index in [0.717, 1.165) is 36.5 Å². The van der Waals surface area contributed by atoms with Crippen molar-refractivity contribution in [2.45, 2.75) is 25.4 Å². The van der Waals surface area contributed by atoms with E-state index in [1.54, 1.807) is 0 Å². The van der Waals surface area contributed by atoms with Crippen LogP contribution in [0.1, 0.15) is 29.4 Å². The zero-order valence-electron chi connectivity index (χ0n) is 16.2. The molecule has 0 saturated heterocycles. The maximum atomic E-state index is 6.13. The Morgan fingerprint density at radius 3 is 2.83 bits per heavy atom. The van der Waals surface area contributed by atoms with Crippen molar-refractivity contribution in [2.75, 3.05) is 13.2 Å². The third kappa shape index (κ3) is 5.50. The summed E-state index contributed by atoms with van der Waals surface area (Å²) in [6.07, 6.45) is 5.45. The molecule has 0 amide bonds. The molecule has 3 N–H and O–H groups in total. The van der Waals surface area contributed by atoms with Crippen molar-refractivity contribution in [1.82, 2.24) is 14.9 Å². The minimum absolute atomic E-state index is 0. The Morgan fingerprint density at radius 1 is 1.17 bits per heavy atom. The molecule has 1 unspecified atom stereocenters. The molecule has 1 aliphatic rings. The molecule has 3 aromatic rings. The number of aromatic nitrogens is 2. The van der Waals surface area contributed by atoms with Crippen molar-refractivity contribution in [2.24, 2.45) is 10.7 Å². The molecule has 0 aliphatic carbocycles. The Hall–Kier alpha value is -2.55. The zero-order valence-corrected chi connectivity index (χ0v) is 18.5. The van der Waals surface area contributed by atoms with Crippen LogP contribution in [0.5, 0.6) is 5.75 Å². The van der Waals surface area contributed by atoms with Gasteiger partial charge in [-0.05, 0) is 11.6 Å². The Bertz CT molecular complexity index is 941. The third-order valence-corrected chi connectivity index (χ3v) is 4.90. The van der Waals surface area contributed by atoms with E-state index >= 15 is 0 Å². The fourth-order valence-corrected chi connectivity index (χ4v) is 3.48. The number of imidazole rings is 1. The number of nitrogens with two attached hydrogens (primary N) is 1. The number of fused-ring (bicyclic) bond motifs is 1. The van der Waals surface area contributed by atoms with E-state index in [-0.39, 0.29) is 30.0 Å². The topological polar surface area (TPSA) is 77.5 Å². The highest BCUT2D eigenvalue weighted by molar-refractivity contribution is 14.0. The summed E-state index contributed by atoms with van der Waals surface area (Å²) < 4.78 is 7.85. The van der Waals surface area contributed by atoms with Crippen LogP contribution in [-0.2, 0) is 13.0 Å².